The summed E-state index contributed by atoms with van der Waals surface area (Å²) in [6.45, 7) is 14.3. The SMILES string of the molecule is CCn1ccc2cc(C(=O)N[C@H]3CCc4cc(N5C[C@H](OC)[C@@H](N)C5)ccc4C3)cnc21.CCn1ccc2cc(C(=O)N[C@H]3CCc4cc(N5C[C@H](OC)[C@@H](N)C5)ccc4C3)nnc21.CO[C@H]1CN(c2ccc3c(c2)CC[C@H](NC(=O)c2sc4nc(C)sc4c2N)C3)C[C@@H]1N.COc1ccc2c(N)c(C(=O)N[C@H]3CCc4cc(N5C[C@H](OC)[C@@H](N)C5)ccc4C3)sc2n1. The van der Waals surface area contributed by atoms with Gasteiger partial charge in [-0.2, -0.15) is 0 Å². The molecule has 4 aliphatic heterocycles. The standard InChI is InChI=1S/C25H31N5O2.C24H30N6O2.C24H29N5O3S.C22H27N5O2S2/c1-3-29-9-8-18-10-19(13-27-24(18)29)25(31)28-20-6-4-17-12-21(7-5-16(17)11-20)30-14-22(26)23(15-30)32-2;1-3-29-9-8-17-12-21(27-28-23(17)29)24(31)26-18-6-4-16-11-19(7-5-15(16)10-18)30-13-20(25)22(14-30)32-2;1-31-19-12-29(11-18(19)25)16-6-4-13-9-15(5-3-14(13)10-16)27-23(30)22-21(26)17-7-8-20(32-2)28-24(17)33-22;1-11-25-22-20(30-11)18(24)19(31-22)21(28)26-14-5-3-13-8-15(6-4-12(13)7-14)27-9-16(23)17(10-27)29-2/h5,7-10,12-13,20,22-23H,3-4,6,11,14-15,26H2,1-2H3,(H,28,31);5,7-9,11-12,18,20,22H,3-4,6,10,13-14,25H2,1-2H3,(H,26,31);4,6-8,10,15,18-19H,3,5,9,11-12,25-26H2,1-2H3,(H,27,30);4,6,8,14,16-17H,3,5,7,9-10,23-24H2,1-2H3,(H,26,28)/t20-,22-,23-;18-,20-,22-;15-,18-,19-;14-,16-,17-/m0000/s1. The third kappa shape index (κ3) is 19.1. The summed E-state index contributed by atoms with van der Waals surface area (Å²) in [7, 11) is 8.46. The Morgan fingerprint density at radius 1 is 0.430 bits per heavy atom. The van der Waals surface area contributed by atoms with Crippen molar-refractivity contribution in [2.24, 2.45) is 22.9 Å². The second kappa shape index (κ2) is 38.8. The second-order valence-electron chi connectivity index (χ2n) is 34.9. The van der Waals surface area contributed by atoms with E-state index >= 15 is 0 Å². The molecule has 0 unspecified atom stereocenters. The minimum Gasteiger partial charge on any atom is -0.481 e. The number of anilines is 6. The van der Waals surface area contributed by atoms with Crippen LogP contribution < -0.4 is 80.0 Å². The summed E-state index contributed by atoms with van der Waals surface area (Å²) >= 11 is 4.22. The van der Waals surface area contributed by atoms with Gasteiger partial charge in [0.2, 0.25) is 5.88 Å². The highest BCUT2D eigenvalue weighted by Crippen LogP contribution is 2.40. The van der Waals surface area contributed by atoms with E-state index in [0.29, 0.717) is 43.1 Å². The number of nitrogens with one attached hydrogen (secondary N) is 4. The van der Waals surface area contributed by atoms with Gasteiger partial charge in [0.25, 0.3) is 23.6 Å². The predicted octanol–water partition coefficient (Wildman–Crippen LogP) is 9.44. The highest BCUT2D eigenvalue weighted by Gasteiger charge is 2.37. The fraction of sp³-hybridized carbons (Fsp3) is 0.442. The van der Waals surface area contributed by atoms with Gasteiger partial charge in [0.05, 0.1) is 82.3 Å². The van der Waals surface area contributed by atoms with Crippen LogP contribution in [0.5, 0.6) is 5.88 Å². The van der Waals surface area contributed by atoms with Crippen LogP contribution in [0.3, 0.4) is 0 Å². The van der Waals surface area contributed by atoms with Crippen LogP contribution >= 0.6 is 34.0 Å². The van der Waals surface area contributed by atoms with Gasteiger partial charge < -0.3 is 108 Å². The number of thiophene rings is 2. The number of aromatic nitrogens is 7. The quantitative estimate of drug-likeness (QED) is 0.0360. The molecule has 20 rings (SSSR count). The first-order valence-electron chi connectivity index (χ1n) is 44.5. The molecule has 12 aromatic rings. The molecule has 674 valence electrons. The summed E-state index contributed by atoms with van der Waals surface area (Å²) in [5, 5.41) is 24.9. The van der Waals surface area contributed by atoms with Gasteiger partial charge in [-0.3, -0.25) is 19.2 Å². The van der Waals surface area contributed by atoms with Crippen molar-refractivity contribution in [2.45, 2.75) is 184 Å². The lowest BCUT2D eigenvalue weighted by atomic mass is 9.87. The van der Waals surface area contributed by atoms with Crippen molar-refractivity contribution in [1.82, 2.24) is 55.6 Å². The topological polar surface area (TPSA) is 406 Å². The van der Waals surface area contributed by atoms with Gasteiger partial charge in [0.1, 0.15) is 25.1 Å². The summed E-state index contributed by atoms with van der Waals surface area (Å²) in [6, 6.07) is 38.4. The lowest BCUT2D eigenvalue weighted by molar-refractivity contribution is 0.0921. The molecule has 12 heterocycles. The van der Waals surface area contributed by atoms with Crippen LogP contribution in [0.25, 0.3) is 41.8 Å². The van der Waals surface area contributed by atoms with Gasteiger partial charge in [-0.25, -0.2) is 15.0 Å². The molecule has 8 aliphatic rings. The number of aryl methyl sites for hydroxylation is 7. The molecule has 30 nitrogen and oxygen atoms in total. The number of methoxy groups -OCH3 is 5. The molecule has 4 aromatic carbocycles. The van der Waals surface area contributed by atoms with Crippen molar-refractivity contribution in [1.29, 1.82) is 0 Å². The van der Waals surface area contributed by atoms with Gasteiger partial charge >= 0.3 is 0 Å². The second-order valence-corrected chi connectivity index (χ2v) is 38.2. The van der Waals surface area contributed by atoms with Crippen LogP contribution in [-0.4, -0.2) is 219 Å². The Kier molecular flexibility index (Phi) is 27.0. The van der Waals surface area contributed by atoms with E-state index < -0.39 is 0 Å². The van der Waals surface area contributed by atoms with E-state index in [1.165, 1.54) is 89.9 Å². The normalized spacial score (nSPS) is 22.8. The van der Waals surface area contributed by atoms with E-state index in [9.17, 15) is 19.2 Å². The maximum absolute atomic E-state index is 13.0. The number of ether oxygens (including phenoxy) is 5. The summed E-state index contributed by atoms with van der Waals surface area (Å²) < 4.78 is 32.2. The zero-order valence-electron chi connectivity index (χ0n) is 73.9. The minimum atomic E-state index is -0.162. The van der Waals surface area contributed by atoms with E-state index in [1.54, 1.807) is 59.1 Å². The number of hydrogen-bond acceptors (Lipinski definition) is 27. The Balaban J connectivity index is 0.000000120. The van der Waals surface area contributed by atoms with E-state index in [4.69, 9.17) is 58.1 Å². The molecule has 4 amide bonds. The highest BCUT2D eigenvalue weighted by atomic mass is 32.1. The number of pyridine rings is 2. The smallest absolute Gasteiger partial charge is 0.272 e. The summed E-state index contributed by atoms with van der Waals surface area (Å²) in [4.78, 5) is 76.8. The van der Waals surface area contributed by atoms with Crippen LogP contribution in [0.1, 0.15) is 129 Å². The van der Waals surface area contributed by atoms with E-state index in [-0.39, 0.29) is 96.4 Å². The van der Waals surface area contributed by atoms with Crippen molar-refractivity contribution < 1.29 is 42.9 Å². The number of nitrogens with zero attached hydrogens (tertiary/aromatic N) is 11. The average Bonchev–Trinajstić information content (AvgIpc) is 1.55. The highest BCUT2D eigenvalue weighted by molar-refractivity contribution is 7.29. The van der Waals surface area contributed by atoms with Crippen molar-refractivity contribution >= 4 is 134 Å². The van der Waals surface area contributed by atoms with Crippen LogP contribution in [0.15, 0.2) is 128 Å². The number of thiazole rings is 1. The first kappa shape index (κ1) is 89.0. The zero-order valence-corrected chi connectivity index (χ0v) is 76.3. The maximum atomic E-state index is 13.0. The molecular weight excluding hydrogens is 1680 g/mol. The Hall–Kier alpha value is -11.0. The molecule has 0 radical (unpaired) electrons. The van der Waals surface area contributed by atoms with Gasteiger partial charge in [0.15, 0.2) is 11.3 Å². The minimum absolute atomic E-state index is 0.0308. The molecule has 12 atom stereocenters. The van der Waals surface area contributed by atoms with Crippen molar-refractivity contribution in [3.05, 3.63) is 198 Å². The van der Waals surface area contributed by atoms with Crippen molar-refractivity contribution in [3.8, 4) is 5.88 Å². The summed E-state index contributed by atoms with van der Waals surface area (Å²) in [5.74, 6) is 0.0617. The monoisotopic (exact) mass is 1790 g/mol. The summed E-state index contributed by atoms with van der Waals surface area (Å²) in [5.41, 5.74) is 56.4. The Morgan fingerprint density at radius 3 is 1.23 bits per heavy atom. The number of nitrogens with two attached hydrogens (primary N) is 6. The average molecular weight is 1790 g/mol. The van der Waals surface area contributed by atoms with Crippen molar-refractivity contribution in [3.63, 3.8) is 0 Å². The lowest BCUT2D eigenvalue weighted by Crippen LogP contribution is -2.39. The molecule has 4 fully saturated rings. The molecule has 4 aliphatic carbocycles. The molecule has 4 saturated heterocycles. The number of hydrogen-bond donors (Lipinski definition) is 10. The number of benzene rings is 4. The summed E-state index contributed by atoms with van der Waals surface area (Å²) in [6.07, 6.45) is 16.7. The van der Waals surface area contributed by atoms with Crippen LogP contribution in [0.2, 0.25) is 0 Å². The molecule has 8 aromatic heterocycles. The number of amides is 4. The molecule has 33 heteroatoms. The molecule has 0 spiro atoms. The number of rotatable bonds is 19. The molecule has 128 heavy (non-hydrogen) atoms. The number of fused-ring (bicyclic) bond motifs is 8. The Bertz CT molecular complexity index is 5890. The molecule has 16 N–H and O–H groups in total. The third-order valence-electron chi connectivity index (χ3n) is 26.8. The fourth-order valence-corrected chi connectivity index (χ4v) is 22.5. The third-order valence-corrected chi connectivity index (χ3v) is 30.1. The lowest BCUT2D eigenvalue weighted by Gasteiger charge is -2.27. The Morgan fingerprint density at radius 2 is 0.828 bits per heavy atom. The van der Waals surface area contributed by atoms with E-state index in [0.717, 1.165) is 184 Å². The number of carbonyl (C=O) groups excluding carboxylic acids is 4. The first-order valence-corrected chi connectivity index (χ1v) is 46.9. The van der Waals surface area contributed by atoms with E-state index in [1.807, 2.05) is 54.2 Å². The molecule has 0 saturated carbocycles. The van der Waals surface area contributed by atoms with E-state index in [2.05, 4.69) is 157 Å². The predicted molar refractivity (Wildman–Crippen MR) is 509 cm³/mol. The van der Waals surface area contributed by atoms with Crippen LogP contribution in [-0.2, 0) is 83.4 Å². The van der Waals surface area contributed by atoms with Crippen LogP contribution in [0.4, 0.5) is 34.1 Å². The molecule has 0 bridgehead atoms. The van der Waals surface area contributed by atoms with Gasteiger partial charge in [-0.05, 0) is 221 Å². The Labute approximate surface area is 757 Å². The number of nitrogen functional groups attached to an aromatic ring is 2. The van der Waals surface area contributed by atoms with Gasteiger partial charge in [0, 0.05) is 182 Å². The maximum Gasteiger partial charge on any atom is 0.272 e. The fourth-order valence-electron chi connectivity index (χ4n) is 19.5. The van der Waals surface area contributed by atoms with Gasteiger partial charge in [-0.1, -0.05) is 24.3 Å². The van der Waals surface area contributed by atoms with Gasteiger partial charge in [-0.15, -0.1) is 44.2 Å². The van der Waals surface area contributed by atoms with Crippen molar-refractivity contribution in [2.75, 3.05) is 119 Å². The largest absolute Gasteiger partial charge is 0.481 e. The zero-order chi connectivity index (χ0) is 89.3. The first-order chi connectivity index (χ1) is 62.0. The van der Waals surface area contributed by atoms with Crippen LogP contribution in [0, 0.1) is 6.92 Å². The molecular formula is C95H117N21O9S3. The number of carbonyl (C=O) groups is 4.